The molecule has 1 aliphatic heterocycles. The summed E-state index contributed by atoms with van der Waals surface area (Å²) in [5.41, 5.74) is 0.581. The summed E-state index contributed by atoms with van der Waals surface area (Å²) in [7, 11) is 0. The van der Waals surface area contributed by atoms with Gasteiger partial charge in [-0.2, -0.15) is 0 Å². The zero-order valence-electron chi connectivity index (χ0n) is 12.7. The van der Waals surface area contributed by atoms with Crippen LogP contribution in [0.5, 0.6) is 0 Å². The number of hydrogen-bond acceptors (Lipinski definition) is 7. The molecule has 0 saturated carbocycles. The van der Waals surface area contributed by atoms with E-state index in [4.69, 9.17) is 4.74 Å². The van der Waals surface area contributed by atoms with Gasteiger partial charge in [0.15, 0.2) is 11.5 Å². The molecule has 2 heterocycles. The van der Waals surface area contributed by atoms with Crippen molar-refractivity contribution in [3.63, 3.8) is 0 Å². The summed E-state index contributed by atoms with van der Waals surface area (Å²) >= 11 is 0. The van der Waals surface area contributed by atoms with Gasteiger partial charge in [-0.3, -0.25) is 14.9 Å². The second-order valence-electron chi connectivity index (χ2n) is 5.13. The molecule has 0 bridgehead atoms. The Morgan fingerprint density at radius 1 is 1.12 bits per heavy atom. The molecule has 0 atom stereocenters. The highest BCUT2D eigenvalue weighted by Crippen LogP contribution is 2.16. The molecule has 1 fully saturated rings. The zero-order valence-corrected chi connectivity index (χ0v) is 12.7. The van der Waals surface area contributed by atoms with E-state index in [-0.39, 0.29) is 11.4 Å². The number of nitrogens with one attached hydrogen (secondary N) is 1. The second kappa shape index (κ2) is 7.01. The Bertz CT molecular complexity index is 727. The topological polar surface area (TPSA) is 110 Å². The van der Waals surface area contributed by atoms with Gasteiger partial charge in [0, 0.05) is 30.9 Å². The fraction of sp³-hybridized carbons (Fsp3) is 0.267. The van der Waals surface area contributed by atoms with E-state index >= 15 is 0 Å². The van der Waals surface area contributed by atoms with Crippen LogP contribution in [0.1, 0.15) is 10.5 Å². The Labute approximate surface area is 137 Å². The smallest absolute Gasteiger partial charge is 0.276 e. The van der Waals surface area contributed by atoms with Gasteiger partial charge in [-0.1, -0.05) is 0 Å². The second-order valence-corrected chi connectivity index (χ2v) is 5.13. The highest BCUT2D eigenvalue weighted by molar-refractivity contribution is 6.02. The summed E-state index contributed by atoms with van der Waals surface area (Å²) in [6.07, 6.45) is 0. The number of rotatable bonds is 4. The average Bonchev–Trinajstić information content (AvgIpc) is 2.63. The molecule has 1 amide bonds. The number of carbonyl (C=O) groups is 1. The Morgan fingerprint density at radius 2 is 1.83 bits per heavy atom. The van der Waals surface area contributed by atoms with Gasteiger partial charge in [0.2, 0.25) is 0 Å². The van der Waals surface area contributed by atoms with Crippen LogP contribution in [0, 0.1) is 10.1 Å². The number of nitrogens with zero attached hydrogens (tertiary/aromatic N) is 4. The van der Waals surface area contributed by atoms with Gasteiger partial charge in [-0.15, -0.1) is 10.2 Å². The first-order chi connectivity index (χ1) is 11.6. The monoisotopic (exact) mass is 329 g/mol. The maximum absolute atomic E-state index is 12.1. The maximum atomic E-state index is 12.1. The van der Waals surface area contributed by atoms with Crippen molar-refractivity contribution in [2.75, 3.05) is 36.5 Å². The van der Waals surface area contributed by atoms with Crippen LogP contribution in [-0.2, 0) is 4.74 Å². The summed E-state index contributed by atoms with van der Waals surface area (Å²) in [5.74, 6) is 0.273. The van der Waals surface area contributed by atoms with E-state index in [9.17, 15) is 14.9 Å². The van der Waals surface area contributed by atoms with Gasteiger partial charge in [0.1, 0.15) is 0 Å². The molecular weight excluding hydrogens is 314 g/mol. The molecule has 2 aromatic rings. The molecule has 124 valence electrons. The summed E-state index contributed by atoms with van der Waals surface area (Å²) < 4.78 is 5.28. The van der Waals surface area contributed by atoms with E-state index in [2.05, 4.69) is 15.5 Å². The minimum atomic E-state index is -0.499. The number of benzene rings is 1. The molecule has 1 N–H and O–H groups in total. The largest absolute Gasteiger partial charge is 0.378 e. The molecule has 9 heteroatoms. The Hall–Kier alpha value is -3.07. The van der Waals surface area contributed by atoms with Crippen LogP contribution >= 0.6 is 0 Å². The molecule has 0 unspecified atom stereocenters. The van der Waals surface area contributed by atoms with Crippen LogP contribution in [0.4, 0.5) is 17.2 Å². The van der Waals surface area contributed by atoms with Crippen molar-refractivity contribution in [3.8, 4) is 0 Å². The molecule has 3 rings (SSSR count). The lowest BCUT2D eigenvalue weighted by molar-refractivity contribution is -0.384. The SMILES string of the molecule is O=C(Nc1ccc([N+](=O)[O-])cc1)c1ccc(N2CCOCC2)nn1. The average molecular weight is 329 g/mol. The standard InChI is InChI=1S/C15H15N5O4/c21-15(16-11-1-3-12(4-2-11)20(22)23)13-5-6-14(18-17-13)19-7-9-24-10-8-19/h1-6H,7-10H2,(H,16,21). The van der Waals surface area contributed by atoms with E-state index in [1.54, 1.807) is 12.1 Å². The number of anilines is 2. The van der Waals surface area contributed by atoms with Gasteiger partial charge < -0.3 is 15.0 Å². The van der Waals surface area contributed by atoms with Crippen molar-refractivity contribution in [1.29, 1.82) is 0 Å². The zero-order chi connectivity index (χ0) is 16.9. The minimum Gasteiger partial charge on any atom is -0.378 e. The predicted octanol–water partition coefficient (Wildman–Crippen LogP) is 1.47. The van der Waals surface area contributed by atoms with Crippen molar-refractivity contribution >= 4 is 23.1 Å². The number of morpholine rings is 1. The molecular formula is C15H15N5O4. The first-order valence-corrected chi connectivity index (χ1v) is 7.36. The number of carbonyl (C=O) groups excluding carboxylic acids is 1. The first-order valence-electron chi connectivity index (χ1n) is 7.36. The quantitative estimate of drug-likeness (QED) is 0.668. The van der Waals surface area contributed by atoms with Crippen LogP contribution < -0.4 is 10.2 Å². The van der Waals surface area contributed by atoms with E-state index in [0.29, 0.717) is 24.7 Å². The van der Waals surface area contributed by atoms with Crippen molar-refractivity contribution in [2.24, 2.45) is 0 Å². The number of non-ortho nitro benzene ring substituents is 1. The van der Waals surface area contributed by atoms with Crippen molar-refractivity contribution in [3.05, 3.63) is 52.2 Å². The van der Waals surface area contributed by atoms with E-state index in [0.717, 1.165) is 13.1 Å². The van der Waals surface area contributed by atoms with Crippen molar-refractivity contribution in [2.45, 2.75) is 0 Å². The maximum Gasteiger partial charge on any atom is 0.276 e. The number of ether oxygens (including phenoxy) is 1. The highest BCUT2D eigenvalue weighted by atomic mass is 16.6. The Balaban J connectivity index is 1.65. The molecule has 0 spiro atoms. The van der Waals surface area contributed by atoms with Gasteiger partial charge in [-0.05, 0) is 24.3 Å². The lowest BCUT2D eigenvalue weighted by atomic mass is 10.2. The fourth-order valence-electron chi connectivity index (χ4n) is 2.27. The van der Waals surface area contributed by atoms with Gasteiger partial charge in [-0.25, -0.2) is 0 Å². The van der Waals surface area contributed by atoms with Crippen molar-refractivity contribution in [1.82, 2.24) is 10.2 Å². The van der Waals surface area contributed by atoms with Crippen LogP contribution in [0.15, 0.2) is 36.4 Å². The third kappa shape index (κ3) is 3.63. The van der Waals surface area contributed by atoms with Crippen LogP contribution in [0.2, 0.25) is 0 Å². The summed E-state index contributed by atoms with van der Waals surface area (Å²) in [5, 5.41) is 21.2. The highest BCUT2D eigenvalue weighted by Gasteiger charge is 2.15. The summed E-state index contributed by atoms with van der Waals surface area (Å²) in [6.45, 7) is 2.76. The number of aromatic nitrogens is 2. The number of amides is 1. The Morgan fingerprint density at radius 3 is 2.42 bits per heavy atom. The summed E-state index contributed by atoms with van der Waals surface area (Å²) in [4.78, 5) is 24.3. The van der Waals surface area contributed by atoms with Gasteiger partial charge >= 0.3 is 0 Å². The lowest BCUT2D eigenvalue weighted by Crippen LogP contribution is -2.37. The summed E-state index contributed by atoms with van der Waals surface area (Å²) in [6, 6.07) is 8.91. The fourth-order valence-corrected chi connectivity index (χ4v) is 2.27. The van der Waals surface area contributed by atoms with Crippen LogP contribution in [0.3, 0.4) is 0 Å². The molecule has 24 heavy (non-hydrogen) atoms. The van der Waals surface area contributed by atoms with Crippen molar-refractivity contribution < 1.29 is 14.5 Å². The molecule has 0 radical (unpaired) electrons. The van der Waals surface area contributed by atoms with E-state index < -0.39 is 10.8 Å². The number of nitro benzene ring substituents is 1. The van der Waals surface area contributed by atoms with E-state index in [1.165, 1.54) is 24.3 Å². The molecule has 1 aromatic carbocycles. The first kappa shape index (κ1) is 15.8. The lowest BCUT2D eigenvalue weighted by Gasteiger charge is -2.27. The number of hydrogen-bond donors (Lipinski definition) is 1. The van der Waals surface area contributed by atoms with E-state index in [1.807, 2.05) is 4.90 Å². The third-order valence-electron chi connectivity index (χ3n) is 3.55. The normalized spacial score (nSPS) is 14.2. The predicted molar refractivity (Wildman–Crippen MR) is 86.1 cm³/mol. The van der Waals surface area contributed by atoms with Crippen LogP contribution in [0.25, 0.3) is 0 Å². The van der Waals surface area contributed by atoms with Gasteiger partial charge in [0.05, 0.1) is 18.1 Å². The minimum absolute atomic E-state index is 0.0392. The Kier molecular flexibility index (Phi) is 4.62. The molecule has 1 aromatic heterocycles. The van der Waals surface area contributed by atoms with Crippen LogP contribution in [-0.4, -0.2) is 47.3 Å². The van der Waals surface area contributed by atoms with Gasteiger partial charge in [0.25, 0.3) is 11.6 Å². The molecule has 1 aliphatic rings. The third-order valence-corrected chi connectivity index (χ3v) is 3.55. The number of nitro groups is 1. The molecule has 1 saturated heterocycles. The molecule has 0 aliphatic carbocycles. The molecule has 9 nitrogen and oxygen atoms in total.